The Morgan fingerprint density at radius 1 is 1.35 bits per heavy atom. The number of hydrogen-bond acceptors (Lipinski definition) is 5. The number of benzene rings is 1. The van der Waals surface area contributed by atoms with Crippen molar-refractivity contribution < 1.29 is 0 Å². The molecule has 6 nitrogen and oxygen atoms in total. The smallest absolute Gasteiger partial charge is 0.205 e. The van der Waals surface area contributed by atoms with Gasteiger partial charge in [0.25, 0.3) is 0 Å². The lowest BCUT2D eigenvalue weighted by Crippen LogP contribution is -2.12. The van der Waals surface area contributed by atoms with Crippen LogP contribution in [0, 0.1) is 18.3 Å². The molecule has 0 amide bonds. The molecule has 23 heavy (non-hydrogen) atoms. The third-order valence-corrected chi connectivity index (χ3v) is 4.30. The van der Waals surface area contributed by atoms with Crippen molar-refractivity contribution in [1.29, 1.82) is 5.26 Å². The molecule has 1 N–H and O–H groups in total. The molecule has 1 aromatic carbocycles. The highest BCUT2D eigenvalue weighted by Crippen LogP contribution is 2.20. The van der Waals surface area contributed by atoms with Gasteiger partial charge in [0.05, 0.1) is 5.69 Å². The van der Waals surface area contributed by atoms with Gasteiger partial charge in [-0.3, -0.25) is 5.43 Å². The van der Waals surface area contributed by atoms with E-state index < -0.39 is 0 Å². The van der Waals surface area contributed by atoms with Gasteiger partial charge in [-0.15, -0.1) is 10.2 Å². The topological polar surface area (TPSA) is 78.9 Å². The second-order valence-corrected chi connectivity index (χ2v) is 5.96. The number of halogens is 1. The van der Waals surface area contributed by atoms with Crippen LogP contribution < -0.4 is 5.43 Å². The van der Waals surface area contributed by atoms with Gasteiger partial charge in [-0.25, -0.2) is 0 Å². The van der Waals surface area contributed by atoms with Crippen molar-refractivity contribution in [3.05, 3.63) is 40.4 Å². The molecule has 0 aliphatic carbocycles. The zero-order chi connectivity index (χ0) is 16.2. The molecule has 1 aliphatic heterocycles. The van der Waals surface area contributed by atoms with E-state index in [0.717, 1.165) is 42.9 Å². The summed E-state index contributed by atoms with van der Waals surface area (Å²) in [7, 11) is 0. The Morgan fingerprint density at radius 2 is 2.22 bits per heavy atom. The van der Waals surface area contributed by atoms with Gasteiger partial charge in [-0.2, -0.15) is 10.4 Å². The molecule has 1 aromatic heterocycles. The Bertz CT molecular complexity index is 786. The van der Waals surface area contributed by atoms with Crippen molar-refractivity contribution >= 4 is 23.0 Å². The third-order valence-electron chi connectivity index (χ3n) is 3.90. The summed E-state index contributed by atoms with van der Waals surface area (Å²) in [6, 6.07) is 7.64. The van der Waals surface area contributed by atoms with Crippen LogP contribution in [-0.2, 0) is 13.0 Å². The number of hydrogen-bond donors (Lipinski definition) is 1. The van der Waals surface area contributed by atoms with Crippen LogP contribution in [0.25, 0.3) is 0 Å². The molecule has 118 valence electrons. The number of fused-ring (bicyclic) bond motifs is 1. The lowest BCUT2D eigenvalue weighted by Gasteiger charge is -2.06. The van der Waals surface area contributed by atoms with Crippen molar-refractivity contribution in [3.63, 3.8) is 0 Å². The molecule has 0 atom stereocenters. The number of aryl methyl sites for hydroxylation is 2. The first-order chi connectivity index (χ1) is 11.2. The predicted molar refractivity (Wildman–Crippen MR) is 89.5 cm³/mol. The summed E-state index contributed by atoms with van der Waals surface area (Å²) in [5.74, 6) is 1.45. The predicted octanol–water partition coefficient (Wildman–Crippen LogP) is 3.31. The Morgan fingerprint density at radius 3 is 3.00 bits per heavy atom. The molecule has 0 bridgehead atoms. The Balaban J connectivity index is 1.86. The van der Waals surface area contributed by atoms with Gasteiger partial charge >= 0.3 is 0 Å². The maximum absolute atomic E-state index is 9.42. The maximum Gasteiger partial charge on any atom is 0.205 e. The van der Waals surface area contributed by atoms with E-state index in [0.29, 0.717) is 10.8 Å². The lowest BCUT2D eigenvalue weighted by molar-refractivity contribution is 0.628. The van der Waals surface area contributed by atoms with Crippen LogP contribution in [0.3, 0.4) is 0 Å². The molecular formula is C16H17ClN6. The van der Waals surface area contributed by atoms with Gasteiger partial charge in [0.1, 0.15) is 11.9 Å². The minimum Gasteiger partial charge on any atom is -0.309 e. The number of nitrogens with zero attached hydrogens (tertiary/aromatic N) is 5. The van der Waals surface area contributed by atoms with E-state index in [4.69, 9.17) is 11.6 Å². The summed E-state index contributed by atoms with van der Waals surface area (Å²) in [5, 5.41) is 22.6. The molecule has 0 unspecified atom stereocenters. The van der Waals surface area contributed by atoms with Crippen LogP contribution in [0.1, 0.15) is 36.5 Å². The number of nitriles is 1. The summed E-state index contributed by atoms with van der Waals surface area (Å²) >= 11 is 6.10. The number of hydrazone groups is 1. The molecule has 2 aromatic rings. The fourth-order valence-electron chi connectivity index (χ4n) is 2.57. The Hall–Kier alpha value is -2.39. The van der Waals surface area contributed by atoms with Crippen LogP contribution >= 0.6 is 11.6 Å². The van der Waals surface area contributed by atoms with Crippen LogP contribution in [0.5, 0.6) is 0 Å². The van der Waals surface area contributed by atoms with E-state index in [-0.39, 0.29) is 5.71 Å². The summed E-state index contributed by atoms with van der Waals surface area (Å²) < 4.78 is 2.00. The van der Waals surface area contributed by atoms with Crippen LogP contribution in [0.4, 0.5) is 5.69 Å². The molecule has 0 saturated carbocycles. The van der Waals surface area contributed by atoms with Gasteiger partial charge in [-0.05, 0) is 37.5 Å². The van der Waals surface area contributed by atoms with Crippen molar-refractivity contribution in [3.8, 4) is 6.07 Å². The maximum atomic E-state index is 9.42. The van der Waals surface area contributed by atoms with E-state index in [1.54, 1.807) is 6.07 Å². The minimum atomic E-state index is 0.224. The van der Waals surface area contributed by atoms with Crippen molar-refractivity contribution in [2.45, 2.75) is 39.2 Å². The first-order valence-corrected chi connectivity index (χ1v) is 7.99. The zero-order valence-electron chi connectivity index (χ0n) is 12.9. The highest BCUT2D eigenvalue weighted by molar-refractivity contribution is 6.31. The molecule has 7 heteroatoms. The number of aromatic nitrogens is 3. The summed E-state index contributed by atoms with van der Waals surface area (Å²) in [4.78, 5) is 0. The number of nitrogens with one attached hydrogen (secondary N) is 1. The number of anilines is 1. The summed E-state index contributed by atoms with van der Waals surface area (Å²) in [6.45, 7) is 2.76. The molecule has 0 saturated heterocycles. The fraction of sp³-hybridized carbons (Fsp3) is 0.375. The summed E-state index contributed by atoms with van der Waals surface area (Å²) in [5.41, 5.74) is 4.81. The largest absolute Gasteiger partial charge is 0.309 e. The first-order valence-electron chi connectivity index (χ1n) is 7.61. The molecule has 3 rings (SSSR count). The fourth-order valence-corrected chi connectivity index (χ4v) is 2.75. The Kier molecular flexibility index (Phi) is 4.58. The van der Waals surface area contributed by atoms with Gasteiger partial charge in [0.15, 0.2) is 5.82 Å². The SMILES string of the molecule is Cc1ccc(N/N=C(/C#N)c2nnc3n2CCCCC3)cc1Cl. The van der Waals surface area contributed by atoms with E-state index >= 15 is 0 Å². The monoisotopic (exact) mass is 328 g/mol. The quantitative estimate of drug-likeness (QED) is 0.692. The molecule has 0 fully saturated rings. The second kappa shape index (κ2) is 6.80. The summed E-state index contributed by atoms with van der Waals surface area (Å²) in [6.07, 6.45) is 4.24. The van der Waals surface area contributed by atoms with Crippen molar-refractivity contribution in [1.82, 2.24) is 14.8 Å². The lowest BCUT2D eigenvalue weighted by atomic mass is 10.2. The normalized spacial score (nSPS) is 14.7. The van der Waals surface area contributed by atoms with E-state index in [1.807, 2.05) is 23.6 Å². The molecule has 0 spiro atoms. The average molecular weight is 329 g/mol. The molecule has 2 heterocycles. The van der Waals surface area contributed by atoms with E-state index in [2.05, 4.69) is 26.8 Å². The molecule has 0 radical (unpaired) electrons. The standard InChI is InChI=1S/C16H17ClN6/c1-11-6-7-12(9-13(11)17)19-20-14(10-18)16-22-21-15-5-3-2-4-8-23(15)16/h6-7,9,19H,2-5,8H2,1H3/b20-14-. The average Bonchev–Trinajstić information content (AvgIpc) is 2.80. The first kappa shape index (κ1) is 15.5. The second-order valence-electron chi connectivity index (χ2n) is 5.55. The molecular weight excluding hydrogens is 312 g/mol. The number of rotatable bonds is 3. The van der Waals surface area contributed by atoms with Gasteiger partial charge < -0.3 is 4.57 Å². The van der Waals surface area contributed by atoms with Gasteiger partial charge in [0, 0.05) is 18.0 Å². The van der Waals surface area contributed by atoms with E-state index in [1.165, 1.54) is 6.42 Å². The molecule has 1 aliphatic rings. The van der Waals surface area contributed by atoms with Crippen LogP contribution in [0.15, 0.2) is 23.3 Å². The highest BCUT2D eigenvalue weighted by atomic mass is 35.5. The van der Waals surface area contributed by atoms with Gasteiger partial charge in [-0.1, -0.05) is 24.1 Å². The van der Waals surface area contributed by atoms with Crippen molar-refractivity contribution in [2.24, 2.45) is 5.10 Å². The van der Waals surface area contributed by atoms with Gasteiger partial charge in [0.2, 0.25) is 5.71 Å². The van der Waals surface area contributed by atoms with Crippen LogP contribution in [0.2, 0.25) is 5.02 Å². The third kappa shape index (κ3) is 3.35. The Labute approximate surface area is 139 Å². The zero-order valence-corrected chi connectivity index (χ0v) is 13.6. The highest BCUT2D eigenvalue weighted by Gasteiger charge is 2.18. The van der Waals surface area contributed by atoms with Crippen molar-refractivity contribution in [2.75, 3.05) is 5.43 Å². The van der Waals surface area contributed by atoms with E-state index in [9.17, 15) is 5.26 Å². The minimum absolute atomic E-state index is 0.224. The van der Waals surface area contributed by atoms with Crippen LogP contribution in [-0.4, -0.2) is 20.5 Å².